The Kier molecular flexibility index (Phi) is 2.12. The molecule has 0 bridgehead atoms. The topological polar surface area (TPSA) is 0 Å². The molecule has 0 spiro atoms. The molecule has 0 fully saturated rings. The first-order valence-electron chi connectivity index (χ1n) is 5.77. The average molecular weight is 316 g/mol. The highest BCUT2D eigenvalue weighted by atomic mass is 79.9. The molecule has 0 N–H and O–H groups in total. The van der Waals surface area contributed by atoms with E-state index in [9.17, 15) is 0 Å². The van der Waals surface area contributed by atoms with Gasteiger partial charge in [0.15, 0.2) is 0 Å². The minimum Gasteiger partial charge on any atom is -0.0843 e. The lowest BCUT2D eigenvalue weighted by atomic mass is 10.0. The molecule has 4 rings (SSSR count). The number of fused-ring (bicyclic) bond motifs is 3. The number of rotatable bonds is 0. The van der Waals surface area contributed by atoms with Gasteiger partial charge in [0.1, 0.15) is 0 Å². The molecule has 0 nitrogen and oxygen atoms in total. The van der Waals surface area contributed by atoms with Crippen LogP contribution in [-0.2, 0) is 0 Å². The van der Waals surface area contributed by atoms with Crippen molar-refractivity contribution in [2.75, 3.05) is 0 Å². The molecule has 0 saturated heterocycles. The van der Waals surface area contributed by atoms with Crippen LogP contribution in [0.15, 0.2) is 53.0 Å². The number of benzene rings is 3. The number of hydrogen-bond acceptors (Lipinski definition) is 0. The van der Waals surface area contributed by atoms with Crippen molar-refractivity contribution in [2.24, 2.45) is 0 Å². The van der Waals surface area contributed by atoms with Gasteiger partial charge in [-0.05, 0) is 39.6 Å². The highest BCUT2D eigenvalue weighted by Gasteiger charge is 2.23. The lowest BCUT2D eigenvalue weighted by Gasteiger charge is -2.05. The third kappa shape index (κ3) is 1.26. The second-order valence-electron chi connectivity index (χ2n) is 4.52. The lowest BCUT2D eigenvalue weighted by molar-refractivity contribution is 1.64. The quantitative estimate of drug-likeness (QED) is 0.379. The molecule has 86 valence electrons. The second kappa shape index (κ2) is 3.59. The van der Waals surface area contributed by atoms with Crippen LogP contribution in [0.3, 0.4) is 0 Å². The zero-order valence-electron chi connectivity index (χ0n) is 9.37. The van der Waals surface area contributed by atoms with Crippen LogP contribution in [0.2, 0.25) is 5.02 Å². The van der Waals surface area contributed by atoms with Gasteiger partial charge < -0.3 is 0 Å². The predicted molar refractivity (Wildman–Crippen MR) is 81.1 cm³/mol. The van der Waals surface area contributed by atoms with Gasteiger partial charge in [0.25, 0.3) is 0 Å². The zero-order chi connectivity index (χ0) is 12.3. The second-order valence-corrected chi connectivity index (χ2v) is 5.81. The number of halogens is 2. The summed E-state index contributed by atoms with van der Waals surface area (Å²) in [4.78, 5) is 0. The first-order chi connectivity index (χ1) is 8.75. The van der Waals surface area contributed by atoms with Gasteiger partial charge in [-0.15, -0.1) is 0 Å². The Labute approximate surface area is 118 Å². The van der Waals surface area contributed by atoms with E-state index in [0.29, 0.717) is 0 Å². The molecule has 0 aromatic heterocycles. The molecular formula is C16H8BrCl. The van der Waals surface area contributed by atoms with Crippen LogP contribution in [0.1, 0.15) is 0 Å². The maximum Gasteiger partial charge on any atom is 0.0423 e. The van der Waals surface area contributed by atoms with E-state index in [-0.39, 0.29) is 0 Å². The highest BCUT2D eigenvalue weighted by Crippen LogP contribution is 2.50. The summed E-state index contributed by atoms with van der Waals surface area (Å²) in [7, 11) is 0. The summed E-state index contributed by atoms with van der Waals surface area (Å²) < 4.78 is 1.06. The van der Waals surface area contributed by atoms with Crippen molar-refractivity contribution in [1.29, 1.82) is 0 Å². The molecule has 1 aliphatic carbocycles. The molecule has 3 aromatic rings. The van der Waals surface area contributed by atoms with Crippen molar-refractivity contribution in [3.8, 4) is 22.3 Å². The van der Waals surface area contributed by atoms with Crippen molar-refractivity contribution < 1.29 is 0 Å². The Morgan fingerprint density at radius 3 is 2.33 bits per heavy atom. The summed E-state index contributed by atoms with van der Waals surface area (Å²) >= 11 is 9.81. The summed E-state index contributed by atoms with van der Waals surface area (Å²) in [5.41, 5.74) is 5.05. The van der Waals surface area contributed by atoms with Gasteiger partial charge in [-0.1, -0.05) is 63.9 Å². The van der Waals surface area contributed by atoms with Crippen molar-refractivity contribution in [1.82, 2.24) is 0 Å². The maximum absolute atomic E-state index is 6.18. The van der Waals surface area contributed by atoms with Gasteiger partial charge in [-0.2, -0.15) is 0 Å². The Morgan fingerprint density at radius 2 is 1.56 bits per heavy atom. The van der Waals surface area contributed by atoms with Gasteiger partial charge in [-0.3, -0.25) is 0 Å². The van der Waals surface area contributed by atoms with E-state index >= 15 is 0 Å². The Bertz CT molecular complexity index is 800. The largest absolute Gasteiger partial charge is 0.0843 e. The van der Waals surface area contributed by atoms with Crippen molar-refractivity contribution >= 4 is 38.3 Å². The van der Waals surface area contributed by atoms with E-state index in [2.05, 4.69) is 58.4 Å². The molecule has 1 aliphatic rings. The molecule has 0 radical (unpaired) electrons. The van der Waals surface area contributed by atoms with E-state index < -0.39 is 0 Å². The van der Waals surface area contributed by atoms with Crippen LogP contribution in [-0.4, -0.2) is 0 Å². The summed E-state index contributed by atoms with van der Waals surface area (Å²) in [5.74, 6) is 0. The molecule has 0 saturated carbocycles. The predicted octanol–water partition coefficient (Wildman–Crippen LogP) is 5.90. The molecule has 18 heavy (non-hydrogen) atoms. The van der Waals surface area contributed by atoms with Gasteiger partial charge >= 0.3 is 0 Å². The third-order valence-electron chi connectivity index (χ3n) is 3.52. The molecule has 0 unspecified atom stereocenters. The van der Waals surface area contributed by atoms with Crippen molar-refractivity contribution in [3.05, 3.63) is 58.0 Å². The monoisotopic (exact) mass is 314 g/mol. The Morgan fingerprint density at radius 1 is 0.833 bits per heavy atom. The van der Waals surface area contributed by atoms with Gasteiger partial charge in [0.2, 0.25) is 0 Å². The van der Waals surface area contributed by atoms with Crippen LogP contribution in [0.5, 0.6) is 0 Å². The minimum atomic E-state index is 0.769. The van der Waals surface area contributed by atoms with Crippen molar-refractivity contribution in [2.45, 2.75) is 0 Å². The molecule has 0 atom stereocenters. The average Bonchev–Trinajstić information content (AvgIpc) is 2.67. The van der Waals surface area contributed by atoms with E-state index in [1.807, 2.05) is 6.07 Å². The van der Waals surface area contributed by atoms with Crippen LogP contribution in [0, 0.1) is 0 Å². The van der Waals surface area contributed by atoms with Gasteiger partial charge in [-0.25, -0.2) is 0 Å². The number of hydrogen-bond donors (Lipinski definition) is 0. The van der Waals surface area contributed by atoms with Crippen LogP contribution >= 0.6 is 27.5 Å². The zero-order valence-corrected chi connectivity index (χ0v) is 11.7. The maximum atomic E-state index is 6.18. The fourth-order valence-electron chi connectivity index (χ4n) is 2.83. The first kappa shape index (κ1) is 10.6. The van der Waals surface area contributed by atoms with Crippen molar-refractivity contribution in [3.63, 3.8) is 0 Å². The summed E-state index contributed by atoms with van der Waals surface area (Å²) in [6.07, 6.45) is 0. The Hall–Kier alpha value is -1.31. The van der Waals surface area contributed by atoms with Crippen LogP contribution in [0.4, 0.5) is 0 Å². The molecule has 0 amide bonds. The van der Waals surface area contributed by atoms with E-state index in [1.165, 1.54) is 33.0 Å². The fourth-order valence-corrected chi connectivity index (χ4v) is 3.86. The molecule has 2 heteroatoms. The van der Waals surface area contributed by atoms with Crippen LogP contribution < -0.4 is 0 Å². The standard InChI is InChI=1S/C16H8BrCl/c17-14-8-10(18)7-13-11-5-1-3-9-4-2-6-12(15(9)11)16(13)14/h1-8H. The molecule has 0 aliphatic heterocycles. The first-order valence-corrected chi connectivity index (χ1v) is 6.94. The van der Waals surface area contributed by atoms with E-state index in [1.54, 1.807) is 0 Å². The summed E-state index contributed by atoms with van der Waals surface area (Å²) in [6, 6.07) is 16.9. The highest BCUT2D eigenvalue weighted by molar-refractivity contribution is 9.10. The normalized spacial score (nSPS) is 11.9. The fraction of sp³-hybridized carbons (Fsp3) is 0. The lowest BCUT2D eigenvalue weighted by Crippen LogP contribution is -1.79. The van der Waals surface area contributed by atoms with Gasteiger partial charge in [0.05, 0.1) is 0 Å². The summed E-state index contributed by atoms with van der Waals surface area (Å²) in [5, 5.41) is 3.38. The van der Waals surface area contributed by atoms with Gasteiger partial charge in [0, 0.05) is 15.1 Å². The van der Waals surface area contributed by atoms with E-state index in [0.717, 1.165) is 9.50 Å². The van der Waals surface area contributed by atoms with E-state index in [4.69, 9.17) is 11.6 Å². The molecular weight excluding hydrogens is 308 g/mol. The molecule has 3 aromatic carbocycles. The summed E-state index contributed by atoms with van der Waals surface area (Å²) in [6.45, 7) is 0. The molecule has 0 heterocycles. The minimum absolute atomic E-state index is 0.769. The van der Waals surface area contributed by atoms with Crippen LogP contribution in [0.25, 0.3) is 33.0 Å². The SMILES string of the molecule is Clc1cc(Br)c2c(c1)-c1cccc3cccc-2c13. The smallest absolute Gasteiger partial charge is 0.0423 e. The third-order valence-corrected chi connectivity index (χ3v) is 4.36. The Balaban J connectivity index is 2.28.